The summed E-state index contributed by atoms with van der Waals surface area (Å²) in [5.41, 5.74) is 3.24. The molecule has 0 aliphatic carbocycles. The van der Waals surface area contributed by atoms with Gasteiger partial charge < -0.3 is 9.64 Å². The first-order chi connectivity index (χ1) is 13.1. The molecule has 0 N–H and O–H groups in total. The summed E-state index contributed by atoms with van der Waals surface area (Å²) < 4.78 is 7.70. The van der Waals surface area contributed by atoms with E-state index in [1.807, 2.05) is 37.8 Å². The lowest BCUT2D eigenvalue weighted by Gasteiger charge is -2.36. The van der Waals surface area contributed by atoms with Crippen molar-refractivity contribution in [1.82, 2.24) is 29.9 Å². The van der Waals surface area contributed by atoms with Gasteiger partial charge in [-0.1, -0.05) is 5.21 Å². The molecule has 0 unspecified atom stereocenters. The van der Waals surface area contributed by atoms with E-state index in [0.29, 0.717) is 5.88 Å². The molecule has 8 heteroatoms. The van der Waals surface area contributed by atoms with Crippen LogP contribution in [0.1, 0.15) is 19.5 Å². The van der Waals surface area contributed by atoms with Crippen LogP contribution in [0.2, 0.25) is 0 Å². The van der Waals surface area contributed by atoms with E-state index in [1.54, 1.807) is 6.33 Å². The fraction of sp³-hybridized carbons (Fsp3) is 0.474. The van der Waals surface area contributed by atoms with E-state index in [-0.39, 0.29) is 6.10 Å². The monoisotopic (exact) mass is 367 g/mol. The van der Waals surface area contributed by atoms with Crippen LogP contribution in [0.15, 0.2) is 30.7 Å². The predicted molar refractivity (Wildman–Crippen MR) is 104 cm³/mol. The average molecular weight is 367 g/mol. The Balaban J connectivity index is 1.48. The van der Waals surface area contributed by atoms with Crippen LogP contribution in [0, 0.1) is 0 Å². The highest BCUT2D eigenvalue weighted by Gasteiger charge is 2.19. The van der Waals surface area contributed by atoms with E-state index in [9.17, 15) is 0 Å². The molecule has 8 nitrogen and oxygen atoms in total. The number of hydrogen-bond acceptors (Lipinski definition) is 7. The molecule has 0 atom stereocenters. The number of rotatable bonds is 5. The van der Waals surface area contributed by atoms with Crippen molar-refractivity contribution in [2.75, 3.05) is 31.1 Å². The fourth-order valence-corrected chi connectivity index (χ4v) is 3.38. The Morgan fingerprint density at radius 2 is 1.93 bits per heavy atom. The van der Waals surface area contributed by atoms with Gasteiger partial charge in [0.1, 0.15) is 6.33 Å². The number of anilines is 1. The summed E-state index contributed by atoms with van der Waals surface area (Å²) >= 11 is 0. The Kier molecular flexibility index (Phi) is 4.89. The van der Waals surface area contributed by atoms with E-state index in [4.69, 9.17) is 4.74 Å². The maximum atomic E-state index is 5.86. The zero-order chi connectivity index (χ0) is 18.8. The number of ether oxygens (including phenoxy) is 1. The summed E-state index contributed by atoms with van der Waals surface area (Å²) in [4.78, 5) is 13.5. The Morgan fingerprint density at radius 1 is 1.11 bits per heavy atom. The number of aromatic nitrogens is 5. The van der Waals surface area contributed by atoms with Gasteiger partial charge in [0.05, 0.1) is 28.9 Å². The molecular weight excluding hydrogens is 342 g/mol. The van der Waals surface area contributed by atoms with Gasteiger partial charge in [0.25, 0.3) is 0 Å². The molecule has 1 aliphatic rings. The average Bonchev–Trinajstić information content (AvgIpc) is 3.07. The van der Waals surface area contributed by atoms with Gasteiger partial charge in [-0.05, 0) is 32.0 Å². The lowest BCUT2D eigenvalue weighted by atomic mass is 10.2. The first kappa shape index (κ1) is 17.7. The van der Waals surface area contributed by atoms with Crippen LogP contribution in [-0.4, -0.2) is 62.1 Å². The molecule has 3 aromatic rings. The smallest absolute Gasteiger partial charge is 0.224 e. The molecule has 0 amide bonds. The van der Waals surface area contributed by atoms with Crippen LogP contribution in [0.5, 0.6) is 5.88 Å². The molecule has 0 radical (unpaired) electrons. The van der Waals surface area contributed by atoms with Gasteiger partial charge >= 0.3 is 0 Å². The Hall–Kier alpha value is -2.74. The molecule has 3 heterocycles. The van der Waals surface area contributed by atoms with Crippen molar-refractivity contribution in [3.05, 3.63) is 36.4 Å². The van der Waals surface area contributed by atoms with Gasteiger partial charge in [-0.2, -0.15) is 0 Å². The molecule has 1 saturated heterocycles. The Morgan fingerprint density at radius 3 is 2.63 bits per heavy atom. The van der Waals surface area contributed by atoms with Gasteiger partial charge in [0.15, 0.2) is 0 Å². The third-order valence-corrected chi connectivity index (χ3v) is 4.86. The molecule has 4 rings (SSSR count). The number of aryl methyl sites for hydroxylation is 1. The number of fused-ring (bicyclic) bond motifs is 1. The van der Waals surface area contributed by atoms with Crippen LogP contribution >= 0.6 is 0 Å². The molecule has 27 heavy (non-hydrogen) atoms. The summed E-state index contributed by atoms with van der Waals surface area (Å²) in [7, 11) is 1.94. The van der Waals surface area contributed by atoms with Crippen LogP contribution in [-0.2, 0) is 13.6 Å². The van der Waals surface area contributed by atoms with E-state index in [1.165, 1.54) is 5.69 Å². The highest BCUT2D eigenvalue weighted by atomic mass is 16.5. The van der Waals surface area contributed by atoms with Crippen molar-refractivity contribution in [1.29, 1.82) is 0 Å². The van der Waals surface area contributed by atoms with Crippen LogP contribution in [0.25, 0.3) is 10.9 Å². The molecule has 142 valence electrons. The third-order valence-electron chi connectivity index (χ3n) is 4.86. The molecule has 1 fully saturated rings. The lowest BCUT2D eigenvalue weighted by molar-refractivity contribution is 0.235. The number of nitrogens with zero attached hydrogens (tertiary/aromatic N) is 7. The first-order valence-electron chi connectivity index (χ1n) is 9.32. The van der Waals surface area contributed by atoms with Gasteiger partial charge in [-0.15, -0.1) is 5.10 Å². The van der Waals surface area contributed by atoms with Crippen LogP contribution in [0.3, 0.4) is 0 Å². The summed E-state index contributed by atoms with van der Waals surface area (Å²) in [6.07, 6.45) is 3.48. The topological polar surface area (TPSA) is 72.2 Å². The maximum Gasteiger partial charge on any atom is 0.224 e. The predicted octanol–water partition coefficient (Wildman–Crippen LogP) is 1.87. The first-order valence-corrected chi connectivity index (χ1v) is 9.32. The van der Waals surface area contributed by atoms with Crippen LogP contribution in [0.4, 0.5) is 5.69 Å². The minimum Gasteiger partial charge on any atom is -0.474 e. The SMILES string of the molecule is CC(C)Oc1ncnc2ccc(N3CCN(Cc4cnnn4C)CC3)cc12. The maximum absolute atomic E-state index is 5.86. The summed E-state index contributed by atoms with van der Waals surface area (Å²) in [5.74, 6) is 0.652. The lowest BCUT2D eigenvalue weighted by Crippen LogP contribution is -2.46. The second-order valence-corrected chi connectivity index (χ2v) is 7.16. The Labute approximate surface area is 158 Å². The molecule has 0 spiro atoms. The molecule has 2 aromatic heterocycles. The second kappa shape index (κ2) is 7.48. The third kappa shape index (κ3) is 3.85. The van der Waals surface area contributed by atoms with E-state index >= 15 is 0 Å². The molecule has 0 saturated carbocycles. The summed E-state index contributed by atoms with van der Waals surface area (Å²) in [6.45, 7) is 8.86. The highest BCUT2D eigenvalue weighted by molar-refractivity contribution is 5.86. The summed E-state index contributed by atoms with van der Waals surface area (Å²) in [6, 6.07) is 6.33. The molecule has 1 aromatic carbocycles. The quantitative estimate of drug-likeness (QED) is 0.682. The highest BCUT2D eigenvalue weighted by Crippen LogP contribution is 2.28. The minimum atomic E-state index is 0.0804. The normalized spacial score (nSPS) is 15.6. The Bertz CT molecular complexity index is 915. The van der Waals surface area contributed by atoms with Gasteiger partial charge in [0, 0.05) is 45.5 Å². The second-order valence-electron chi connectivity index (χ2n) is 7.16. The van der Waals surface area contributed by atoms with Crippen molar-refractivity contribution < 1.29 is 4.74 Å². The summed E-state index contributed by atoms with van der Waals surface area (Å²) in [5, 5.41) is 8.93. The van der Waals surface area contributed by atoms with Gasteiger partial charge in [-0.3, -0.25) is 9.58 Å². The van der Waals surface area contributed by atoms with E-state index < -0.39 is 0 Å². The molecule has 1 aliphatic heterocycles. The van der Waals surface area contributed by atoms with Gasteiger partial charge in [-0.25, -0.2) is 9.97 Å². The van der Waals surface area contributed by atoms with Crippen LogP contribution < -0.4 is 9.64 Å². The van der Waals surface area contributed by atoms with E-state index in [2.05, 4.69) is 42.2 Å². The zero-order valence-corrected chi connectivity index (χ0v) is 16.0. The largest absolute Gasteiger partial charge is 0.474 e. The van der Waals surface area contributed by atoms with E-state index in [0.717, 1.165) is 49.3 Å². The zero-order valence-electron chi connectivity index (χ0n) is 16.0. The molecule has 0 bridgehead atoms. The number of piperazine rings is 1. The van der Waals surface area contributed by atoms with Crippen molar-refractivity contribution in [2.45, 2.75) is 26.5 Å². The number of benzene rings is 1. The van der Waals surface area contributed by atoms with Crippen molar-refractivity contribution in [2.24, 2.45) is 7.05 Å². The minimum absolute atomic E-state index is 0.0804. The molecular formula is C19H25N7O. The fourth-order valence-electron chi connectivity index (χ4n) is 3.38. The standard InChI is InChI=1S/C19H25N7O/c1-14(2)27-19-17-10-15(4-5-18(17)20-13-21-19)26-8-6-25(7-9-26)12-16-11-22-23-24(16)3/h4-5,10-11,13-14H,6-9,12H2,1-3H3. The van der Waals surface area contributed by atoms with Crippen molar-refractivity contribution in [3.8, 4) is 5.88 Å². The number of hydrogen-bond donors (Lipinski definition) is 0. The van der Waals surface area contributed by atoms with Crippen molar-refractivity contribution in [3.63, 3.8) is 0 Å². The van der Waals surface area contributed by atoms with Crippen molar-refractivity contribution >= 4 is 16.6 Å². The van der Waals surface area contributed by atoms with Gasteiger partial charge in [0.2, 0.25) is 5.88 Å².